The number of halogens is 1. The summed E-state index contributed by atoms with van der Waals surface area (Å²) in [6.07, 6.45) is 4.75. The second-order valence-corrected chi connectivity index (χ2v) is 20.1. The fourth-order valence-corrected chi connectivity index (χ4v) is 7.82. The minimum atomic E-state index is -1.06. The van der Waals surface area contributed by atoms with Crippen LogP contribution in [0.1, 0.15) is 124 Å². The molecule has 2 aromatic heterocycles. The lowest BCUT2D eigenvalue weighted by Gasteiger charge is -2.37. The number of pyridine rings is 2. The van der Waals surface area contributed by atoms with Gasteiger partial charge in [0.2, 0.25) is 0 Å². The maximum Gasteiger partial charge on any atom is 0.410 e. The fraction of sp³-hybridized carbons (Fsp3) is 0.462. The Morgan fingerprint density at radius 1 is 0.652 bits per heavy atom. The SMILES string of the molecule is C=CC1(C(=O)O)CCN(C(=O)OC(C)(C)C)CC1.CC(=O)O[C@H](C)c1ccc2ccc(/C=C/C3(C(=O)O)CCN(C(=O)OC(C)(C)C)CC3)cc2n1.CC(=O)O[C@H](C)c1ccc2ccc(Br)cc2n1. The van der Waals surface area contributed by atoms with Gasteiger partial charge in [-0.1, -0.05) is 64.5 Å². The zero-order valence-corrected chi connectivity index (χ0v) is 42.8. The lowest BCUT2D eigenvalue weighted by molar-refractivity contribution is -0.149. The minimum Gasteiger partial charge on any atom is -0.481 e. The highest BCUT2D eigenvalue weighted by Gasteiger charge is 2.42. The first-order valence-electron chi connectivity index (χ1n) is 22.7. The highest BCUT2D eigenvalue weighted by Crippen LogP contribution is 2.36. The normalized spacial score (nSPS) is 16.4. The van der Waals surface area contributed by atoms with Crippen molar-refractivity contribution in [2.75, 3.05) is 26.2 Å². The van der Waals surface area contributed by atoms with Crippen molar-refractivity contribution in [3.8, 4) is 0 Å². The van der Waals surface area contributed by atoms with Crippen LogP contribution in [0.2, 0.25) is 0 Å². The Labute approximate surface area is 412 Å². The number of carboxylic acids is 2. The number of carboxylic acid groups (broad SMARTS) is 2. The van der Waals surface area contributed by atoms with Crippen LogP contribution in [-0.4, -0.2) is 103 Å². The van der Waals surface area contributed by atoms with E-state index in [1.54, 1.807) is 70.4 Å². The number of hydrogen-bond acceptors (Lipinski definition) is 12. The summed E-state index contributed by atoms with van der Waals surface area (Å²) in [5, 5.41) is 21.2. The van der Waals surface area contributed by atoms with Crippen LogP contribution in [0.5, 0.6) is 0 Å². The molecular formula is C52H65BrN4O12. The molecule has 0 saturated carbocycles. The number of carbonyl (C=O) groups excluding carboxylic acids is 4. The average molecular weight is 1020 g/mol. The summed E-state index contributed by atoms with van der Waals surface area (Å²) in [5.41, 5.74) is 0.720. The van der Waals surface area contributed by atoms with Gasteiger partial charge in [-0.2, -0.15) is 0 Å². The van der Waals surface area contributed by atoms with Crippen molar-refractivity contribution in [1.82, 2.24) is 19.8 Å². The van der Waals surface area contributed by atoms with E-state index >= 15 is 0 Å². The van der Waals surface area contributed by atoms with Gasteiger partial charge < -0.3 is 39.0 Å². The molecule has 0 spiro atoms. The van der Waals surface area contributed by atoms with Gasteiger partial charge in [0.15, 0.2) is 0 Å². The van der Waals surface area contributed by atoms with Crippen LogP contribution < -0.4 is 0 Å². The van der Waals surface area contributed by atoms with Crippen molar-refractivity contribution in [2.24, 2.45) is 10.8 Å². The molecule has 6 rings (SSSR count). The van der Waals surface area contributed by atoms with E-state index in [9.17, 15) is 39.0 Å². The molecule has 4 aromatic rings. The Balaban J connectivity index is 0.000000249. The number of amides is 2. The standard InChI is InChI=1S/C26H32N2O6.C13H12BrNO2.C13H21NO4/c1-17(33-18(2)29)21-9-8-20-7-6-19(16-22(20)27-21)10-11-26(23(30)31)12-14-28(15-13-26)24(32)34-25(3,4)5;1-8(17-9(2)16)12-6-4-10-3-5-11(14)7-13(10)15-12;1-5-13(10(15)16)6-8-14(9-7-13)11(17)18-12(2,3)4/h6-11,16-17H,12-15H2,1-5H3,(H,30,31);3-8H,1-2H3;5H,1,6-9H2,2-4H3,(H,15,16)/b11-10+;;/t17-;8-;/m11./s1. The van der Waals surface area contributed by atoms with Gasteiger partial charge in [0.1, 0.15) is 23.4 Å². The largest absolute Gasteiger partial charge is 0.481 e. The molecule has 0 aliphatic carbocycles. The summed E-state index contributed by atoms with van der Waals surface area (Å²) in [7, 11) is 0. The number of hydrogen-bond donors (Lipinski definition) is 2. The number of esters is 2. The average Bonchev–Trinajstić information content (AvgIpc) is 3.26. The van der Waals surface area contributed by atoms with Crippen LogP contribution >= 0.6 is 15.9 Å². The number of benzene rings is 2. The number of ether oxygens (including phenoxy) is 4. The molecule has 2 saturated heterocycles. The van der Waals surface area contributed by atoms with E-state index in [1.807, 2.05) is 67.6 Å². The Morgan fingerprint density at radius 3 is 1.43 bits per heavy atom. The third kappa shape index (κ3) is 16.1. The van der Waals surface area contributed by atoms with Gasteiger partial charge in [-0.3, -0.25) is 19.2 Å². The molecule has 17 heteroatoms. The summed E-state index contributed by atoms with van der Waals surface area (Å²) in [5.74, 6) is -2.46. The van der Waals surface area contributed by atoms with E-state index < -0.39 is 46.2 Å². The van der Waals surface area contributed by atoms with Gasteiger partial charge >= 0.3 is 36.1 Å². The van der Waals surface area contributed by atoms with E-state index in [0.29, 0.717) is 57.6 Å². The van der Waals surface area contributed by atoms with Crippen LogP contribution in [0.3, 0.4) is 0 Å². The predicted molar refractivity (Wildman–Crippen MR) is 265 cm³/mol. The van der Waals surface area contributed by atoms with E-state index in [2.05, 4.69) is 32.5 Å². The molecule has 0 bridgehead atoms. The van der Waals surface area contributed by atoms with Crippen molar-refractivity contribution in [3.63, 3.8) is 0 Å². The van der Waals surface area contributed by atoms with E-state index in [1.165, 1.54) is 19.9 Å². The van der Waals surface area contributed by atoms with Crippen LogP contribution in [-0.2, 0) is 38.1 Å². The molecule has 4 heterocycles. The molecule has 372 valence electrons. The molecule has 2 aliphatic rings. The molecule has 0 radical (unpaired) electrons. The highest BCUT2D eigenvalue weighted by atomic mass is 79.9. The number of aliphatic carboxylic acids is 2. The number of likely N-dealkylation sites (tertiary alicyclic amines) is 2. The number of piperidine rings is 2. The predicted octanol–water partition coefficient (Wildman–Crippen LogP) is 10.9. The summed E-state index contributed by atoms with van der Waals surface area (Å²) in [6, 6.07) is 19.2. The molecule has 2 amide bonds. The summed E-state index contributed by atoms with van der Waals surface area (Å²) < 4.78 is 22.0. The molecule has 69 heavy (non-hydrogen) atoms. The van der Waals surface area contributed by atoms with Crippen molar-refractivity contribution in [3.05, 3.63) is 101 Å². The first-order valence-corrected chi connectivity index (χ1v) is 23.5. The van der Waals surface area contributed by atoms with Gasteiger partial charge in [0.25, 0.3) is 0 Å². The Bertz CT molecular complexity index is 2550. The van der Waals surface area contributed by atoms with Crippen LogP contribution in [0.25, 0.3) is 27.9 Å². The molecule has 16 nitrogen and oxygen atoms in total. The number of fused-ring (bicyclic) bond motifs is 2. The van der Waals surface area contributed by atoms with Crippen LogP contribution in [0, 0.1) is 10.8 Å². The molecule has 2 fully saturated rings. The monoisotopic (exact) mass is 1020 g/mol. The second-order valence-electron chi connectivity index (χ2n) is 19.2. The highest BCUT2D eigenvalue weighted by molar-refractivity contribution is 9.10. The molecule has 2 atom stereocenters. The van der Waals surface area contributed by atoms with E-state index in [4.69, 9.17) is 18.9 Å². The van der Waals surface area contributed by atoms with Crippen molar-refractivity contribution >= 4 is 79.9 Å². The summed E-state index contributed by atoms with van der Waals surface area (Å²) >= 11 is 3.41. The number of nitrogens with zero attached hydrogens (tertiary/aromatic N) is 4. The minimum absolute atomic E-state index is 0.298. The number of carbonyl (C=O) groups is 6. The van der Waals surface area contributed by atoms with Gasteiger partial charge in [-0.05, 0) is 117 Å². The Morgan fingerprint density at radius 2 is 1.04 bits per heavy atom. The first-order chi connectivity index (χ1) is 32.1. The maximum absolute atomic E-state index is 12.3. The van der Waals surface area contributed by atoms with Crippen LogP contribution in [0.15, 0.2) is 83.9 Å². The Hall–Kier alpha value is -6.36. The number of aromatic nitrogens is 2. The van der Waals surface area contributed by atoms with Gasteiger partial charge in [0.05, 0.1) is 33.3 Å². The smallest absolute Gasteiger partial charge is 0.410 e. The zero-order chi connectivity index (χ0) is 51.5. The zero-order valence-electron chi connectivity index (χ0n) is 41.2. The second kappa shape index (κ2) is 23.3. The topological polar surface area (TPSA) is 212 Å². The maximum atomic E-state index is 12.3. The molecular weight excluding hydrogens is 952 g/mol. The van der Waals surface area contributed by atoms with Gasteiger partial charge in [0, 0.05) is 55.3 Å². The van der Waals surface area contributed by atoms with Crippen molar-refractivity contribution in [1.29, 1.82) is 0 Å². The van der Waals surface area contributed by atoms with Crippen molar-refractivity contribution < 1.29 is 57.9 Å². The quantitative estimate of drug-likeness (QED) is 0.0907. The molecule has 2 aliphatic heterocycles. The van der Waals surface area contributed by atoms with Crippen molar-refractivity contribution in [2.45, 2.75) is 118 Å². The Kier molecular flexibility index (Phi) is 18.6. The first kappa shape index (κ1) is 55.2. The van der Waals surface area contributed by atoms with Crippen LogP contribution in [0.4, 0.5) is 9.59 Å². The van der Waals surface area contributed by atoms with E-state index in [0.717, 1.165) is 37.5 Å². The fourth-order valence-electron chi connectivity index (χ4n) is 7.47. The number of rotatable bonds is 9. The molecule has 2 N–H and O–H groups in total. The third-order valence-electron chi connectivity index (χ3n) is 11.4. The van der Waals surface area contributed by atoms with Gasteiger partial charge in [-0.25, -0.2) is 19.6 Å². The summed E-state index contributed by atoms with van der Waals surface area (Å²) in [4.78, 5) is 81.9. The van der Waals surface area contributed by atoms with Gasteiger partial charge in [-0.15, -0.1) is 6.58 Å². The lowest BCUT2D eigenvalue weighted by Crippen LogP contribution is -2.47. The molecule has 2 aromatic carbocycles. The van der Waals surface area contributed by atoms with E-state index in [-0.39, 0.29) is 24.1 Å². The third-order valence-corrected chi connectivity index (χ3v) is 11.9. The summed E-state index contributed by atoms with van der Waals surface area (Å²) in [6.45, 7) is 22.1. The molecule has 0 unspecified atom stereocenters. The lowest BCUT2D eigenvalue weighted by atomic mass is 9.78.